The molecule has 4 atom stereocenters. The highest BCUT2D eigenvalue weighted by Crippen LogP contribution is 2.30. The molecule has 1 saturated heterocycles. The standard InChI is InChI=1S/C20H22ClFO4.C2H6.CH4O/c21-19-8-5-14(20-11-16(24)10-18(12-23)25-20)3-4-15(19)9-13-1-6-17(26-22)7-2-13;2*1-2/h1-8,14,16,18,20,23-24H,9-12H2;1-2H3;2H,1H3/t14?,16-,18-,20?;;/m0../s1. The van der Waals surface area contributed by atoms with Crippen molar-refractivity contribution in [3.05, 3.63) is 64.7 Å². The molecule has 3 rings (SSSR count). The van der Waals surface area contributed by atoms with Crippen LogP contribution in [0.25, 0.3) is 0 Å². The quantitative estimate of drug-likeness (QED) is 0.634. The van der Waals surface area contributed by atoms with Gasteiger partial charge in [-0.15, -0.1) is 0 Å². The minimum Gasteiger partial charge on any atom is -0.400 e. The number of hydrogen-bond donors (Lipinski definition) is 3. The van der Waals surface area contributed by atoms with Gasteiger partial charge >= 0.3 is 0 Å². The Labute approximate surface area is 183 Å². The molecular formula is C23H32ClFO5. The Balaban J connectivity index is 0.00000106. The SMILES string of the molecule is CC.CO.OC[C@@H]1C[C@H](O)CC(C2C=CC(Cl)=C(Cc3ccc(OF)cc3)C=C2)O1. The van der Waals surface area contributed by atoms with E-state index in [0.717, 1.165) is 18.2 Å². The van der Waals surface area contributed by atoms with Crippen LogP contribution in [-0.4, -0.2) is 47.3 Å². The molecule has 5 nitrogen and oxygen atoms in total. The van der Waals surface area contributed by atoms with E-state index in [1.165, 1.54) is 0 Å². The Morgan fingerprint density at radius 2 is 1.73 bits per heavy atom. The lowest BCUT2D eigenvalue weighted by Gasteiger charge is -2.34. The molecule has 1 heterocycles. The molecule has 30 heavy (non-hydrogen) atoms. The molecule has 7 heteroatoms. The van der Waals surface area contributed by atoms with Gasteiger partial charge in [-0.25, -0.2) is 0 Å². The lowest BCUT2D eigenvalue weighted by Crippen LogP contribution is -2.40. The minimum absolute atomic E-state index is 0.0347. The summed E-state index contributed by atoms with van der Waals surface area (Å²) in [6, 6.07) is 6.71. The fraction of sp³-hybridized carbons (Fsp3) is 0.478. The Hall–Kier alpha value is -1.70. The van der Waals surface area contributed by atoms with Gasteiger partial charge in [0.05, 0.1) is 24.9 Å². The van der Waals surface area contributed by atoms with Crippen molar-refractivity contribution in [3.8, 4) is 5.75 Å². The molecule has 0 radical (unpaired) electrons. The van der Waals surface area contributed by atoms with Crippen LogP contribution >= 0.6 is 11.6 Å². The highest BCUT2D eigenvalue weighted by Gasteiger charge is 2.31. The Kier molecular flexibility index (Phi) is 12.6. The minimum atomic E-state index is -0.477. The molecule has 0 spiro atoms. The van der Waals surface area contributed by atoms with Crippen LogP contribution in [0, 0.1) is 5.92 Å². The van der Waals surface area contributed by atoms with Crippen LogP contribution in [0.15, 0.2) is 59.2 Å². The molecule has 0 bridgehead atoms. The average molecular weight is 443 g/mol. The van der Waals surface area contributed by atoms with Gasteiger partial charge in [-0.05, 0) is 35.8 Å². The lowest BCUT2D eigenvalue weighted by atomic mass is 9.91. The van der Waals surface area contributed by atoms with Gasteiger partial charge in [0.1, 0.15) is 0 Å². The monoisotopic (exact) mass is 442 g/mol. The maximum absolute atomic E-state index is 12.1. The maximum Gasteiger partial charge on any atom is 0.171 e. The van der Waals surface area contributed by atoms with Crippen molar-refractivity contribution in [1.82, 2.24) is 0 Å². The fourth-order valence-electron chi connectivity index (χ4n) is 3.34. The Morgan fingerprint density at radius 1 is 1.10 bits per heavy atom. The molecule has 168 valence electrons. The molecule has 1 aromatic carbocycles. The second-order valence-corrected chi connectivity index (χ2v) is 7.08. The summed E-state index contributed by atoms with van der Waals surface area (Å²) in [5.74, 6) is 0.129. The van der Waals surface area contributed by atoms with Crippen LogP contribution in [0.1, 0.15) is 32.3 Å². The van der Waals surface area contributed by atoms with Gasteiger partial charge in [0.25, 0.3) is 0 Å². The Morgan fingerprint density at radius 3 is 2.33 bits per heavy atom. The summed E-state index contributed by atoms with van der Waals surface area (Å²) < 4.78 is 18.0. The van der Waals surface area contributed by atoms with Crippen LogP contribution in [0.5, 0.6) is 5.75 Å². The molecule has 2 aliphatic rings. The van der Waals surface area contributed by atoms with Gasteiger partial charge in [-0.3, -0.25) is 4.94 Å². The summed E-state index contributed by atoms with van der Waals surface area (Å²) in [4.78, 5) is 3.69. The number of halogens is 2. The van der Waals surface area contributed by atoms with E-state index in [1.807, 2.05) is 38.2 Å². The van der Waals surface area contributed by atoms with Gasteiger partial charge in [0.2, 0.25) is 0 Å². The first-order chi connectivity index (χ1) is 14.6. The van der Waals surface area contributed by atoms with Crippen molar-refractivity contribution in [1.29, 1.82) is 0 Å². The number of aliphatic hydroxyl groups is 3. The third kappa shape index (κ3) is 7.85. The zero-order chi connectivity index (χ0) is 22.5. The summed E-state index contributed by atoms with van der Waals surface area (Å²) in [6.07, 6.45) is 8.34. The number of hydrogen-bond acceptors (Lipinski definition) is 5. The molecule has 3 N–H and O–H groups in total. The van der Waals surface area contributed by atoms with Crippen molar-refractivity contribution in [2.45, 2.75) is 51.4 Å². The molecule has 0 aromatic heterocycles. The molecule has 1 aliphatic heterocycles. The summed E-state index contributed by atoms with van der Waals surface area (Å²) in [5, 5.41) is 27.0. The summed E-state index contributed by atoms with van der Waals surface area (Å²) in [6.45, 7) is 3.90. The van der Waals surface area contributed by atoms with Crippen molar-refractivity contribution < 1.29 is 29.5 Å². The normalized spacial score (nSPS) is 25.5. The summed E-state index contributed by atoms with van der Waals surface area (Å²) in [5.41, 5.74) is 1.93. The number of benzene rings is 1. The molecule has 1 aliphatic carbocycles. The Bertz CT molecular complexity index is 702. The highest BCUT2D eigenvalue weighted by atomic mass is 35.5. The van der Waals surface area contributed by atoms with E-state index in [9.17, 15) is 14.7 Å². The van der Waals surface area contributed by atoms with E-state index in [4.69, 9.17) is 21.4 Å². The number of rotatable bonds is 5. The fourth-order valence-corrected chi connectivity index (χ4v) is 3.54. The van der Waals surface area contributed by atoms with Crippen molar-refractivity contribution in [2.24, 2.45) is 5.92 Å². The van der Waals surface area contributed by atoms with Crippen molar-refractivity contribution in [2.75, 3.05) is 13.7 Å². The molecule has 0 saturated carbocycles. The van der Waals surface area contributed by atoms with E-state index in [1.54, 1.807) is 24.3 Å². The van der Waals surface area contributed by atoms with E-state index in [2.05, 4.69) is 4.94 Å². The average Bonchev–Trinajstić information content (AvgIpc) is 2.98. The van der Waals surface area contributed by atoms with Crippen LogP contribution in [-0.2, 0) is 11.2 Å². The van der Waals surface area contributed by atoms with E-state index < -0.39 is 6.10 Å². The number of allylic oxidation sites excluding steroid dienone is 4. The van der Waals surface area contributed by atoms with Crippen LogP contribution < -0.4 is 4.94 Å². The lowest BCUT2D eigenvalue weighted by molar-refractivity contribution is -0.119. The molecule has 2 unspecified atom stereocenters. The first-order valence-corrected chi connectivity index (χ1v) is 10.5. The van der Waals surface area contributed by atoms with Gasteiger partial charge < -0.3 is 20.1 Å². The second-order valence-electron chi connectivity index (χ2n) is 6.67. The predicted octanol–water partition coefficient (Wildman–Crippen LogP) is 4.26. The predicted molar refractivity (Wildman–Crippen MR) is 117 cm³/mol. The van der Waals surface area contributed by atoms with Crippen LogP contribution in [0.2, 0.25) is 0 Å². The molecular weight excluding hydrogens is 411 g/mol. The molecule has 1 aromatic rings. The largest absolute Gasteiger partial charge is 0.400 e. The smallest absolute Gasteiger partial charge is 0.171 e. The topological polar surface area (TPSA) is 79.2 Å². The van der Waals surface area contributed by atoms with Crippen LogP contribution in [0.3, 0.4) is 0 Å². The van der Waals surface area contributed by atoms with Gasteiger partial charge in [-0.2, -0.15) is 0 Å². The van der Waals surface area contributed by atoms with Gasteiger partial charge in [0.15, 0.2) is 5.75 Å². The van der Waals surface area contributed by atoms with E-state index >= 15 is 0 Å². The summed E-state index contributed by atoms with van der Waals surface area (Å²) >= 11 is 6.41. The first-order valence-electron chi connectivity index (χ1n) is 10.1. The third-order valence-corrected chi connectivity index (χ3v) is 5.11. The molecule has 0 amide bonds. The van der Waals surface area contributed by atoms with Gasteiger partial charge in [-0.1, -0.05) is 55.8 Å². The molecule has 1 fully saturated rings. The zero-order valence-electron chi connectivity index (χ0n) is 17.7. The van der Waals surface area contributed by atoms with Gasteiger partial charge in [0, 0.05) is 35.4 Å². The van der Waals surface area contributed by atoms with Crippen molar-refractivity contribution >= 4 is 11.6 Å². The maximum atomic E-state index is 12.1. The summed E-state index contributed by atoms with van der Waals surface area (Å²) in [7, 11) is 1.00. The van der Waals surface area contributed by atoms with E-state index in [0.29, 0.717) is 24.3 Å². The third-order valence-electron chi connectivity index (χ3n) is 4.74. The highest BCUT2D eigenvalue weighted by molar-refractivity contribution is 6.31. The number of ether oxygens (including phenoxy) is 1. The zero-order valence-corrected chi connectivity index (χ0v) is 18.4. The number of aliphatic hydroxyl groups excluding tert-OH is 3. The van der Waals surface area contributed by atoms with Crippen molar-refractivity contribution in [3.63, 3.8) is 0 Å². The van der Waals surface area contributed by atoms with E-state index in [-0.39, 0.29) is 30.5 Å². The first kappa shape index (κ1) is 26.3. The second kappa shape index (κ2) is 14.3. The van der Waals surface area contributed by atoms with Crippen LogP contribution in [0.4, 0.5) is 4.53 Å².